The lowest BCUT2D eigenvalue weighted by Gasteiger charge is -2.21. The molecule has 0 aliphatic carbocycles. The molecule has 0 aliphatic heterocycles. The molecule has 0 radical (unpaired) electrons. The van der Waals surface area contributed by atoms with Crippen molar-refractivity contribution >= 4 is 44.3 Å². The zero-order chi connectivity index (χ0) is 16.8. The second kappa shape index (κ2) is 5.69. The monoisotopic (exact) mass is 392 g/mol. The minimum Gasteiger partial charge on any atom is -0.326 e. The molecule has 0 spiro atoms. The van der Waals surface area contributed by atoms with Gasteiger partial charge in [0, 0.05) is 45.7 Å². The van der Waals surface area contributed by atoms with E-state index in [0.717, 1.165) is 4.47 Å². The SMILES string of the molecule is CC(C)(C)n1cc(C(=O)c2cncc(Br)c2)c2cnc(Cl)nc21. The lowest BCUT2D eigenvalue weighted by molar-refractivity contribution is 0.103. The first kappa shape index (κ1) is 16.1. The number of pyridine rings is 1. The molecule has 3 aromatic rings. The fraction of sp³-hybridized carbons (Fsp3) is 0.250. The van der Waals surface area contributed by atoms with Crippen LogP contribution in [0.2, 0.25) is 5.28 Å². The molecule has 118 valence electrons. The molecule has 0 aliphatic rings. The predicted molar refractivity (Wildman–Crippen MR) is 92.9 cm³/mol. The fourth-order valence-corrected chi connectivity index (χ4v) is 2.86. The Hall–Kier alpha value is -1.79. The van der Waals surface area contributed by atoms with Gasteiger partial charge in [0.25, 0.3) is 0 Å². The summed E-state index contributed by atoms with van der Waals surface area (Å²) < 4.78 is 2.69. The van der Waals surface area contributed by atoms with Crippen LogP contribution < -0.4 is 0 Å². The summed E-state index contributed by atoms with van der Waals surface area (Å²) in [4.78, 5) is 25.2. The highest BCUT2D eigenvalue weighted by atomic mass is 79.9. The average molecular weight is 394 g/mol. The van der Waals surface area contributed by atoms with Crippen molar-refractivity contribution in [2.45, 2.75) is 26.3 Å². The quantitative estimate of drug-likeness (QED) is 0.483. The molecule has 5 nitrogen and oxygen atoms in total. The van der Waals surface area contributed by atoms with Gasteiger partial charge in [0.05, 0.1) is 5.56 Å². The van der Waals surface area contributed by atoms with Crippen LogP contribution in [0.3, 0.4) is 0 Å². The molecule has 3 aromatic heterocycles. The van der Waals surface area contributed by atoms with Crippen LogP contribution in [0.5, 0.6) is 0 Å². The number of halogens is 2. The van der Waals surface area contributed by atoms with E-state index in [9.17, 15) is 4.79 Å². The topological polar surface area (TPSA) is 60.7 Å². The van der Waals surface area contributed by atoms with Crippen LogP contribution in [0, 0.1) is 0 Å². The summed E-state index contributed by atoms with van der Waals surface area (Å²) >= 11 is 9.27. The molecule has 7 heteroatoms. The maximum atomic E-state index is 12.9. The van der Waals surface area contributed by atoms with Gasteiger partial charge in [0.2, 0.25) is 5.28 Å². The zero-order valence-corrected chi connectivity index (χ0v) is 15.2. The highest BCUT2D eigenvalue weighted by Crippen LogP contribution is 2.28. The summed E-state index contributed by atoms with van der Waals surface area (Å²) in [6.45, 7) is 6.12. The van der Waals surface area contributed by atoms with Crippen LogP contribution in [0.1, 0.15) is 36.7 Å². The first-order valence-corrected chi connectivity index (χ1v) is 8.14. The Morgan fingerprint density at radius 2 is 2.00 bits per heavy atom. The highest BCUT2D eigenvalue weighted by Gasteiger charge is 2.24. The molecule has 0 aromatic carbocycles. The molecule has 0 saturated heterocycles. The van der Waals surface area contributed by atoms with Crippen LogP contribution in [0.25, 0.3) is 11.0 Å². The summed E-state index contributed by atoms with van der Waals surface area (Å²) in [5.41, 5.74) is 1.43. The van der Waals surface area contributed by atoms with Gasteiger partial charge in [-0.2, -0.15) is 4.98 Å². The molecule has 0 saturated carbocycles. The first-order chi connectivity index (χ1) is 10.8. The van der Waals surface area contributed by atoms with Gasteiger partial charge >= 0.3 is 0 Å². The van der Waals surface area contributed by atoms with Gasteiger partial charge in [-0.3, -0.25) is 9.78 Å². The number of carbonyl (C=O) groups excluding carboxylic acids is 1. The van der Waals surface area contributed by atoms with E-state index in [0.29, 0.717) is 22.2 Å². The maximum Gasteiger partial charge on any atom is 0.224 e. The molecule has 0 amide bonds. The van der Waals surface area contributed by atoms with Gasteiger partial charge in [-0.1, -0.05) is 0 Å². The average Bonchev–Trinajstić information content (AvgIpc) is 2.85. The van der Waals surface area contributed by atoms with Crippen molar-refractivity contribution in [1.29, 1.82) is 0 Å². The van der Waals surface area contributed by atoms with E-state index in [1.165, 1.54) is 0 Å². The van der Waals surface area contributed by atoms with Crippen molar-refractivity contribution < 1.29 is 4.79 Å². The Kier molecular flexibility index (Phi) is 3.98. The first-order valence-electron chi connectivity index (χ1n) is 6.96. The summed E-state index contributed by atoms with van der Waals surface area (Å²) in [6, 6.07) is 1.74. The van der Waals surface area contributed by atoms with E-state index >= 15 is 0 Å². The number of carbonyl (C=O) groups is 1. The Morgan fingerprint density at radius 3 is 2.65 bits per heavy atom. The van der Waals surface area contributed by atoms with Gasteiger partial charge in [-0.15, -0.1) is 0 Å². The molecule has 0 unspecified atom stereocenters. The van der Waals surface area contributed by atoms with Crippen LogP contribution in [-0.2, 0) is 5.54 Å². The third-order valence-electron chi connectivity index (χ3n) is 3.45. The molecule has 0 bridgehead atoms. The van der Waals surface area contributed by atoms with E-state index < -0.39 is 0 Å². The normalized spacial score (nSPS) is 11.9. The summed E-state index contributed by atoms with van der Waals surface area (Å²) in [6.07, 6.45) is 6.58. The van der Waals surface area contributed by atoms with Crippen molar-refractivity contribution in [2.24, 2.45) is 0 Å². The maximum absolute atomic E-state index is 12.9. The number of hydrogen-bond donors (Lipinski definition) is 0. The largest absolute Gasteiger partial charge is 0.326 e. The molecule has 23 heavy (non-hydrogen) atoms. The van der Waals surface area contributed by atoms with E-state index in [2.05, 4.69) is 30.9 Å². The number of hydrogen-bond acceptors (Lipinski definition) is 4. The Bertz CT molecular complexity index is 914. The van der Waals surface area contributed by atoms with Gasteiger partial charge in [0.15, 0.2) is 5.78 Å². The zero-order valence-electron chi connectivity index (χ0n) is 12.8. The van der Waals surface area contributed by atoms with Crippen LogP contribution in [0.4, 0.5) is 0 Å². The van der Waals surface area contributed by atoms with Crippen molar-refractivity contribution in [1.82, 2.24) is 19.5 Å². The van der Waals surface area contributed by atoms with Crippen molar-refractivity contribution in [3.63, 3.8) is 0 Å². The second-order valence-corrected chi connectivity index (χ2v) is 7.43. The minimum absolute atomic E-state index is 0.127. The third-order valence-corrected chi connectivity index (χ3v) is 4.07. The van der Waals surface area contributed by atoms with Crippen molar-refractivity contribution in [2.75, 3.05) is 0 Å². The van der Waals surface area contributed by atoms with E-state index in [4.69, 9.17) is 11.6 Å². The second-order valence-electron chi connectivity index (χ2n) is 6.18. The van der Waals surface area contributed by atoms with Crippen LogP contribution >= 0.6 is 27.5 Å². The van der Waals surface area contributed by atoms with Crippen molar-refractivity contribution in [3.8, 4) is 0 Å². The molecular weight excluding hydrogens is 380 g/mol. The standard InChI is InChI=1S/C16H14BrClN4O/c1-16(2,3)22-8-12(11-7-20-15(18)21-14(11)22)13(23)9-4-10(17)6-19-5-9/h4-8H,1-3H3. The molecule has 3 rings (SSSR count). The lowest BCUT2D eigenvalue weighted by Crippen LogP contribution is -2.21. The number of rotatable bonds is 2. The third kappa shape index (κ3) is 3.01. The number of nitrogens with zero attached hydrogens (tertiary/aromatic N) is 4. The molecule has 0 atom stereocenters. The van der Waals surface area contributed by atoms with Crippen LogP contribution in [0.15, 0.2) is 35.3 Å². The Morgan fingerprint density at radius 1 is 1.26 bits per heavy atom. The van der Waals surface area contributed by atoms with E-state index in [1.54, 1.807) is 30.9 Å². The fourth-order valence-electron chi connectivity index (χ4n) is 2.37. The predicted octanol–water partition coefficient (Wildman–Crippen LogP) is 4.23. The minimum atomic E-state index is -0.246. The summed E-state index contributed by atoms with van der Waals surface area (Å²) in [5.74, 6) is -0.127. The molecule has 0 fully saturated rings. The molecular formula is C16H14BrClN4O. The Labute approximate surface area is 146 Å². The number of fused-ring (bicyclic) bond motifs is 1. The number of aromatic nitrogens is 4. The van der Waals surface area contributed by atoms with Crippen molar-refractivity contribution in [3.05, 3.63) is 51.7 Å². The summed E-state index contributed by atoms with van der Waals surface area (Å²) in [7, 11) is 0. The smallest absolute Gasteiger partial charge is 0.224 e. The molecule has 0 N–H and O–H groups in total. The van der Waals surface area contributed by atoms with Gasteiger partial charge < -0.3 is 4.57 Å². The Balaban J connectivity index is 2.24. The number of ketones is 1. The van der Waals surface area contributed by atoms with E-state index in [-0.39, 0.29) is 16.6 Å². The van der Waals surface area contributed by atoms with E-state index in [1.807, 2.05) is 25.3 Å². The van der Waals surface area contributed by atoms with Gasteiger partial charge in [-0.25, -0.2) is 4.98 Å². The lowest BCUT2D eigenvalue weighted by atomic mass is 10.1. The van der Waals surface area contributed by atoms with Gasteiger partial charge in [0.1, 0.15) is 5.65 Å². The summed E-state index contributed by atoms with van der Waals surface area (Å²) in [5, 5.41) is 0.832. The van der Waals surface area contributed by atoms with Gasteiger partial charge in [-0.05, 0) is 54.4 Å². The van der Waals surface area contributed by atoms with Crippen LogP contribution in [-0.4, -0.2) is 25.3 Å². The molecule has 3 heterocycles. The highest BCUT2D eigenvalue weighted by molar-refractivity contribution is 9.10.